The van der Waals surface area contributed by atoms with Gasteiger partial charge in [-0.05, 0) is 56.7 Å². The summed E-state index contributed by atoms with van der Waals surface area (Å²) < 4.78 is 66.5. The van der Waals surface area contributed by atoms with Crippen LogP contribution in [0.2, 0.25) is 0 Å². The van der Waals surface area contributed by atoms with Crippen LogP contribution in [-0.2, 0) is 9.84 Å². The highest BCUT2D eigenvalue weighted by molar-refractivity contribution is 7.91. The second-order valence-electron chi connectivity index (χ2n) is 8.99. The van der Waals surface area contributed by atoms with Gasteiger partial charge in [0.25, 0.3) is 0 Å². The standard InChI is InChI=1S/C22H29F3N6O3S/c1-35(32,33)18-9-7-15(8-10-18)26-19-28-20(30-21(29-19)34-14-22(23,24)25)27-16-5-4-6-17(13-16)31-11-2-3-12-31/h4-6,13,15,18H,2-3,7-12,14H2,1H3,(H2,26,27,28,29,30). The molecule has 1 saturated carbocycles. The van der Waals surface area contributed by atoms with Crippen LogP contribution in [0, 0.1) is 0 Å². The third-order valence-electron chi connectivity index (χ3n) is 6.17. The highest BCUT2D eigenvalue weighted by atomic mass is 32.2. The predicted molar refractivity (Wildman–Crippen MR) is 127 cm³/mol. The predicted octanol–water partition coefficient (Wildman–Crippen LogP) is 3.92. The number of anilines is 4. The van der Waals surface area contributed by atoms with Gasteiger partial charge < -0.3 is 20.3 Å². The fourth-order valence-electron chi connectivity index (χ4n) is 4.39. The number of hydrogen-bond acceptors (Lipinski definition) is 9. The smallest absolute Gasteiger partial charge is 0.422 e. The normalized spacial score (nSPS) is 21.1. The van der Waals surface area contributed by atoms with Gasteiger partial charge in [-0.2, -0.15) is 28.1 Å². The van der Waals surface area contributed by atoms with E-state index in [1.165, 1.54) is 6.26 Å². The molecule has 1 aromatic heterocycles. The Kier molecular flexibility index (Phi) is 7.53. The van der Waals surface area contributed by atoms with Gasteiger partial charge in [-0.25, -0.2) is 8.42 Å². The Balaban J connectivity index is 1.50. The Morgan fingerprint density at radius 2 is 1.74 bits per heavy atom. The van der Waals surface area contributed by atoms with E-state index in [9.17, 15) is 21.6 Å². The summed E-state index contributed by atoms with van der Waals surface area (Å²) in [7, 11) is -3.11. The Hall–Kier alpha value is -2.83. The SMILES string of the molecule is CS(=O)(=O)C1CCC(Nc2nc(Nc3cccc(N4CCCC4)c3)nc(OCC(F)(F)F)n2)CC1. The third-order valence-corrected chi connectivity index (χ3v) is 7.85. The van der Waals surface area contributed by atoms with E-state index in [2.05, 4.69) is 30.5 Å². The van der Waals surface area contributed by atoms with Crippen molar-refractivity contribution < 1.29 is 26.3 Å². The first-order chi connectivity index (χ1) is 16.5. The number of nitrogens with one attached hydrogen (secondary N) is 2. The van der Waals surface area contributed by atoms with Crippen molar-refractivity contribution >= 4 is 33.1 Å². The number of rotatable bonds is 8. The monoisotopic (exact) mass is 514 g/mol. The van der Waals surface area contributed by atoms with Gasteiger partial charge in [0.2, 0.25) is 11.9 Å². The van der Waals surface area contributed by atoms with Crippen molar-refractivity contribution in [3.63, 3.8) is 0 Å². The first kappa shape index (κ1) is 25.3. The molecule has 192 valence electrons. The zero-order valence-corrected chi connectivity index (χ0v) is 20.2. The summed E-state index contributed by atoms with van der Waals surface area (Å²) in [4.78, 5) is 14.6. The average Bonchev–Trinajstić information content (AvgIpc) is 3.32. The van der Waals surface area contributed by atoms with Crippen molar-refractivity contribution in [2.45, 2.75) is 56.0 Å². The van der Waals surface area contributed by atoms with Gasteiger partial charge in [0, 0.05) is 36.8 Å². The van der Waals surface area contributed by atoms with Crippen LogP contribution in [0.15, 0.2) is 24.3 Å². The van der Waals surface area contributed by atoms with E-state index in [0.717, 1.165) is 31.6 Å². The molecule has 0 spiro atoms. The molecular formula is C22H29F3N6O3S. The van der Waals surface area contributed by atoms with E-state index in [1.807, 2.05) is 24.3 Å². The molecule has 4 rings (SSSR count). The van der Waals surface area contributed by atoms with E-state index in [0.29, 0.717) is 31.4 Å². The molecule has 2 N–H and O–H groups in total. The molecule has 2 fully saturated rings. The molecule has 0 unspecified atom stereocenters. The summed E-state index contributed by atoms with van der Waals surface area (Å²) in [6, 6.07) is 7.07. The molecule has 1 aliphatic carbocycles. The molecule has 1 aromatic carbocycles. The van der Waals surface area contributed by atoms with Crippen molar-refractivity contribution in [3.8, 4) is 6.01 Å². The van der Waals surface area contributed by atoms with Crippen molar-refractivity contribution in [2.75, 3.05) is 41.5 Å². The molecule has 9 nitrogen and oxygen atoms in total. The van der Waals surface area contributed by atoms with Gasteiger partial charge in [0.1, 0.15) is 9.84 Å². The highest BCUT2D eigenvalue weighted by Gasteiger charge is 2.30. The van der Waals surface area contributed by atoms with E-state index in [1.54, 1.807) is 0 Å². The lowest BCUT2D eigenvalue weighted by Crippen LogP contribution is -2.33. The van der Waals surface area contributed by atoms with Gasteiger partial charge in [-0.3, -0.25) is 0 Å². The molecule has 0 bridgehead atoms. The van der Waals surface area contributed by atoms with Crippen molar-refractivity contribution in [1.29, 1.82) is 0 Å². The Labute approximate surface area is 202 Å². The molecule has 13 heteroatoms. The number of sulfone groups is 1. The molecule has 35 heavy (non-hydrogen) atoms. The lowest BCUT2D eigenvalue weighted by molar-refractivity contribution is -0.154. The van der Waals surface area contributed by atoms with Crippen LogP contribution in [0.25, 0.3) is 0 Å². The molecule has 1 aliphatic heterocycles. The average molecular weight is 515 g/mol. The number of hydrogen-bond donors (Lipinski definition) is 2. The molecule has 2 heterocycles. The molecule has 2 aliphatic rings. The number of nitrogens with zero attached hydrogens (tertiary/aromatic N) is 4. The van der Waals surface area contributed by atoms with Crippen LogP contribution in [-0.4, -0.2) is 66.8 Å². The minimum Gasteiger partial charge on any atom is -0.454 e. The number of benzene rings is 1. The molecule has 2 aromatic rings. The minimum absolute atomic E-state index is 0.0445. The summed E-state index contributed by atoms with van der Waals surface area (Å²) in [5.74, 6) is 0.112. The zero-order valence-electron chi connectivity index (χ0n) is 19.4. The lowest BCUT2D eigenvalue weighted by Gasteiger charge is -2.28. The molecule has 0 radical (unpaired) electrons. The number of halogens is 3. The van der Waals surface area contributed by atoms with E-state index in [-0.39, 0.29) is 23.2 Å². The van der Waals surface area contributed by atoms with Crippen LogP contribution < -0.4 is 20.3 Å². The first-order valence-corrected chi connectivity index (χ1v) is 13.5. The molecular weight excluding hydrogens is 485 g/mol. The maximum Gasteiger partial charge on any atom is 0.422 e. The number of ether oxygens (including phenoxy) is 1. The summed E-state index contributed by atoms with van der Waals surface area (Å²) in [5.41, 5.74) is 1.72. The van der Waals surface area contributed by atoms with Crippen molar-refractivity contribution in [1.82, 2.24) is 15.0 Å². The van der Waals surface area contributed by atoms with E-state index < -0.39 is 28.6 Å². The van der Waals surface area contributed by atoms with Gasteiger partial charge >= 0.3 is 12.2 Å². The van der Waals surface area contributed by atoms with Gasteiger partial charge in [-0.15, -0.1) is 0 Å². The number of aromatic nitrogens is 3. The van der Waals surface area contributed by atoms with Gasteiger partial charge in [0.15, 0.2) is 6.61 Å². The quantitative estimate of drug-likeness (QED) is 0.542. The van der Waals surface area contributed by atoms with Crippen molar-refractivity contribution in [3.05, 3.63) is 24.3 Å². The van der Waals surface area contributed by atoms with E-state index in [4.69, 9.17) is 4.74 Å². The van der Waals surface area contributed by atoms with Gasteiger partial charge in [0.05, 0.1) is 5.25 Å². The van der Waals surface area contributed by atoms with E-state index >= 15 is 0 Å². The highest BCUT2D eigenvalue weighted by Crippen LogP contribution is 2.28. The van der Waals surface area contributed by atoms with Crippen molar-refractivity contribution in [2.24, 2.45) is 0 Å². The number of alkyl halides is 3. The molecule has 1 saturated heterocycles. The zero-order chi connectivity index (χ0) is 25.1. The van der Waals surface area contributed by atoms with Crippen LogP contribution in [0.4, 0.5) is 36.4 Å². The van der Waals surface area contributed by atoms with Crippen LogP contribution >= 0.6 is 0 Å². The summed E-state index contributed by atoms with van der Waals surface area (Å²) in [6.45, 7) is 0.417. The second-order valence-corrected chi connectivity index (χ2v) is 11.3. The maximum absolute atomic E-state index is 12.7. The van der Waals surface area contributed by atoms with Crippen LogP contribution in [0.3, 0.4) is 0 Å². The Morgan fingerprint density at radius 1 is 1.06 bits per heavy atom. The molecule has 0 atom stereocenters. The fourth-order valence-corrected chi connectivity index (χ4v) is 5.52. The third kappa shape index (κ3) is 7.33. The summed E-state index contributed by atoms with van der Waals surface area (Å²) in [6.07, 6.45) is 1.09. The van der Waals surface area contributed by atoms with Gasteiger partial charge in [-0.1, -0.05) is 6.07 Å². The minimum atomic E-state index is -4.54. The Morgan fingerprint density at radius 3 is 2.40 bits per heavy atom. The lowest BCUT2D eigenvalue weighted by atomic mass is 9.95. The maximum atomic E-state index is 12.7. The topological polar surface area (TPSA) is 109 Å². The Bertz CT molecular complexity index is 1120. The van der Waals surface area contributed by atoms with Crippen LogP contribution in [0.1, 0.15) is 38.5 Å². The molecule has 0 amide bonds. The largest absolute Gasteiger partial charge is 0.454 e. The fraction of sp³-hybridized carbons (Fsp3) is 0.591. The van der Waals surface area contributed by atoms with Crippen LogP contribution in [0.5, 0.6) is 6.01 Å². The summed E-state index contributed by atoms with van der Waals surface area (Å²) in [5, 5.41) is 5.76. The summed E-state index contributed by atoms with van der Waals surface area (Å²) >= 11 is 0. The first-order valence-electron chi connectivity index (χ1n) is 11.6. The second kappa shape index (κ2) is 10.4.